The summed E-state index contributed by atoms with van der Waals surface area (Å²) in [6.45, 7) is 2.21. The van der Waals surface area contributed by atoms with Gasteiger partial charge in [0.2, 0.25) is 0 Å². The maximum absolute atomic E-state index is 6.02. The maximum atomic E-state index is 6.02. The van der Waals surface area contributed by atoms with Gasteiger partial charge in [0.15, 0.2) is 0 Å². The van der Waals surface area contributed by atoms with E-state index in [4.69, 9.17) is 10.5 Å². The van der Waals surface area contributed by atoms with E-state index < -0.39 is 0 Å². The molecule has 1 fully saturated rings. The van der Waals surface area contributed by atoms with Crippen molar-refractivity contribution in [2.24, 2.45) is 5.73 Å². The molecule has 0 saturated heterocycles. The molecule has 0 radical (unpaired) electrons. The minimum atomic E-state index is 0.367. The lowest BCUT2D eigenvalue weighted by atomic mass is 9.91. The summed E-state index contributed by atoms with van der Waals surface area (Å²) in [5.41, 5.74) is 7.32. The molecule has 18 heavy (non-hydrogen) atoms. The number of benzene rings is 1. The Hall–Kier alpha value is -1.06. The highest BCUT2D eigenvalue weighted by molar-refractivity contribution is 5.28. The lowest BCUT2D eigenvalue weighted by Gasteiger charge is -2.30. The number of hydrogen-bond acceptors (Lipinski definition) is 3. The molecular weight excluding hydrogens is 224 g/mol. The van der Waals surface area contributed by atoms with Crippen LogP contribution in [0, 0.1) is 0 Å². The van der Waals surface area contributed by atoms with E-state index in [9.17, 15) is 0 Å². The molecular formula is C15H24N2O. The van der Waals surface area contributed by atoms with Crippen molar-refractivity contribution in [1.29, 1.82) is 0 Å². The second kappa shape index (κ2) is 6.21. The van der Waals surface area contributed by atoms with Gasteiger partial charge in [-0.25, -0.2) is 0 Å². The molecule has 0 aromatic heterocycles. The van der Waals surface area contributed by atoms with Crippen LogP contribution >= 0.6 is 0 Å². The number of ether oxygens (including phenoxy) is 1. The van der Waals surface area contributed by atoms with E-state index in [0.29, 0.717) is 18.1 Å². The molecule has 3 heteroatoms. The van der Waals surface area contributed by atoms with Crippen LogP contribution in [0.4, 0.5) is 0 Å². The van der Waals surface area contributed by atoms with Gasteiger partial charge in [-0.2, -0.15) is 0 Å². The van der Waals surface area contributed by atoms with Gasteiger partial charge in [0.25, 0.3) is 0 Å². The average molecular weight is 248 g/mol. The van der Waals surface area contributed by atoms with Crippen LogP contribution in [0.3, 0.4) is 0 Å². The molecule has 1 aromatic carbocycles. The van der Waals surface area contributed by atoms with Gasteiger partial charge in [-0.3, -0.25) is 0 Å². The lowest BCUT2D eigenvalue weighted by Crippen LogP contribution is -2.40. The Bertz CT molecular complexity index is 363. The van der Waals surface area contributed by atoms with Crippen molar-refractivity contribution < 1.29 is 4.74 Å². The predicted molar refractivity (Wildman–Crippen MR) is 74.8 cm³/mol. The van der Waals surface area contributed by atoms with Crippen molar-refractivity contribution in [2.45, 2.75) is 50.7 Å². The van der Waals surface area contributed by atoms with E-state index >= 15 is 0 Å². The Labute approximate surface area is 110 Å². The lowest BCUT2D eigenvalue weighted by molar-refractivity contribution is 0.319. The number of nitrogens with two attached hydrogens (primary N) is 1. The summed E-state index contributed by atoms with van der Waals surface area (Å²) >= 11 is 0. The SMILES string of the molecule is COc1ccc(C(C)NC2CCCC(N)C2)cc1. The zero-order chi connectivity index (χ0) is 13.0. The molecule has 3 unspecified atom stereocenters. The largest absolute Gasteiger partial charge is 0.497 e. The smallest absolute Gasteiger partial charge is 0.118 e. The first-order valence-electron chi connectivity index (χ1n) is 6.84. The van der Waals surface area contributed by atoms with Crippen LogP contribution in [0.2, 0.25) is 0 Å². The molecule has 0 bridgehead atoms. The minimum Gasteiger partial charge on any atom is -0.497 e. The van der Waals surface area contributed by atoms with Crippen LogP contribution in [0.1, 0.15) is 44.2 Å². The molecule has 0 heterocycles. The van der Waals surface area contributed by atoms with Crippen molar-refractivity contribution >= 4 is 0 Å². The van der Waals surface area contributed by atoms with E-state index in [0.717, 1.165) is 12.2 Å². The van der Waals surface area contributed by atoms with Crippen molar-refractivity contribution in [3.8, 4) is 5.75 Å². The summed E-state index contributed by atoms with van der Waals surface area (Å²) in [5, 5.41) is 3.68. The summed E-state index contributed by atoms with van der Waals surface area (Å²) in [4.78, 5) is 0. The zero-order valence-electron chi connectivity index (χ0n) is 11.4. The van der Waals surface area contributed by atoms with E-state index in [2.05, 4.69) is 24.4 Å². The van der Waals surface area contributed by atoms with Crippen LogP contribution in [-0.2, 0) is 0 Å². The number of hydrogen-bond donors (Lipinski definition) is 2. The van der Waals surface area contributed by atoms with Gasteiger partial charge < -0.3 is 15.8 Å². The fraction of sp³-hybridized carbons (Fsp3) is 0.600. The molecule has 3 atom stereocenters. The van der Waals surface area contributed by atoms with E-state index in [1.807, 2.05) is 12.1 Å². The van der Waals surface area contributed by atoms with Gasteiger partial charge in [0.05, 0.1) is 7.11 Å². The zero-order valence-corrected chi connectivity index (χ0v) is 11.4. The van der Waals surface area contributed by atoms with Gasteiger partial charge >= 0.3 is 0 Å². The highest BCUT2D eigenvalue weighted by atomic mass is 16.5. The fourth-order valence-corrected chi connectivity index (χ4v) is 2.72. The summed E-state index contributed by atoms with van der Waals surface area (Å²) in [6, 6.07) is 9.58. The molecule has 2 rings (SSSR count). The Balaban J connectivity index is 1.91. The monoisotopic (exact) mass is 248 g/mol. The molecule has 100 valence electrons. The third-order valence-corrected chi connectivity index (χ3v) is 3.82. The minimum absolute atomic E-state index is 0.367. The topological polar surface area (TPSA) is 47.3 Å². The van der Waals surface area contributed by atoms with Gasteiger partial charge in [0, 0.05) is 18.1 Å². The predicted octanol–water partition coefficient (Wildman–Crippen LogP) is 2.62. The van der Waals surface area contributed by atoms with E-state index in [1.165, 1.54) is 24.8 Å². The first kappa shape index (κ1) is 13.4. The third kappa shape index (κ3) is 3.47. The van der Waals surface area contributed by atoms with Crippen molar-refractivity contribution in [2.75, 3.05) is 7.11 Å². The number of nitrogens with one attached hydrogen (secondary N) is 1. The van der Waals surface area contributed by atoms with Crippen molar-refractivity contribution in [3.63, 3.8) is 0 Å². The standard InChI is InChI=1S/C15H24N2O/c1-11(12-6-8-15(18-2)9-7-12)17-14-5-3-4-13(16)10-14/h6-9,11,13-14,17H,3-5,10,16H2,1-2H3. The number of methoxy groups -OCH3 is 1. The quantitative estimate of drug-likeness (QED) is 0.861. The van der Waals surface area contributed by atoms with Crippen molar-refractivity contribution in [1.82, 2.24) is 5.32 Å². The molecule has 1 aromatic rings. The molecule has 1 saturated carbocycles. The van der Waals surface area contributed by atoms with Gasteiger partial charge in [-0.1, -0.05) is 18.6 Å². The van der Waals surface area contributed by atoms with Gasteiger partial charge in [-0.05, 0) is 43.9 Å². The highest BCUT2D eigenvalue weighted by Gasteiger charge is 2.20. The molecule has 0 amide bonds. The summed E-state index contributed by atoms with van der Waals surface area (Å²) < 4.78 is 5.18. The first-order valence-corrected chi connectivity index (χ1v) is 6.84. The number of rotatable bonds is 4. The van der Waals surface area contributed by atoms with Crippen LogP contribution < -0.4 is 15.8 Å². The summed E-state index contributed by atoms with van der Waals surface area (Å²) in [7, 11) is 1.69. The Kier molecular flexibility index (Phi) is 4.61. The first-order chi connectivity index (χ1) is 8.69. The second-order valence-corrected chi connectivity index (χ2v) is 5.29. The third-order valence-electron chi connectivity index (χ3n) is 3.82. The Morgan fingerprint density at radius 1 is 1.28 bits per heavy atom. The van der Waals surface area contributed by atoms with Crippen LogP contribution in [0.5, 0.6) is 5.75 Å². The normalized spacial score (nSPS) is 25.7. The Morgan fingerprint density at radius 2 is 2.00 bits per heavy atom. The average Bonchev–Trinajstić information content (AvgIpc) is 2.39. The summed E-state index contributed by atoms with van der Waals surface area (Å²) in [5.74, 6) is 0.908. The maximum Gasteiger partial charge on any atom is 0.118 e. The second-order valence-electron chi connectivity index (χ2n) is 5.29. The molecule has 3 nitrogen and oxygen atoms in total. The Morgan fingerprint density at radius 3 is 2.61 bits per heavy atom. The molecule has 1 aliphatic rings. The van der Waals surface area contributed by atoms with Crippen molar-refractivity contribution in [3.05, 3.63) is 29.8 Å². The fourth-order valence-electron chi connectivity index (χ4n) is 2.72. The van der Waals surface area contributed by atoms with Crippen LogP contribution in [0.15, 0.2) is 24.3 Å². The molecule has 1 aliphatic carbocycles. The molecule has 3 N–H and O–H groups in total. The van der Waals surface area contributed by atoms with E-state index in [1.54, 1.807) is 7.11 Å². The van der Waals surface area contributed by atoms with Crippen LogP contribution in [-0.4, -0.2) is 19.2 Å². The molecule has 0 aliphatic heterocycles. The highest BCUT2D eigenvalue weighted by Crippen LogP contribution is 2.22. The van der Waals surface area contributed by atoms with Gasteiger partial charge in [0.1, 0.15) is 5.75 Å². The van der Waals surface area contributed by atoms with E-state index in [-0.39, 0.29) is 0 Å². The van der Waals surface area contributed by atoms with Gasteiger partial charge in [-0.15, -0.1) is 0 Å². The summed E-state index contributed by atoms with van der Waals surface area (Å²) in [6.07, 6.45) is 4.76. The molecule has 0 spiro atoms. The van der Waals surface area contributed by atoms with Crippen LogP contribution in [0.25, 0.3) is 0 Å².